The molecule has 0 aliphatic carbocycles. The molecule has 0 radical (unpaired) electrons. The predicted octanol–water partition coefficient (Wildman–Crippen LogP) is 5.60. The minimum Gasteiger partial charge on any atom is -0.444 e. The molecule has 2 aromatic carbocycles. The first kappa shape index (κ1) is 30.0. The van der Waals surface area contributed by atoms with Crippen molar-refractivity contribution in [1.82, 2.24) is 14.8 Å². The number of halogens is 5. The number of nitrogens with one attached hydrogen (secondary N) is 1. The maximum absolute atomic E-state index is 15.8. The minimum absolute atomic E-state index is 0.0207. The predicted molar refractivity (Wildman–Crippen MR) is 144 cm³/mol. The number of rotatable bonds is 6. The summed E-state index contributed by atoms with van der Waals surface area (Å²) in [4.78, 5) is 30.6. The maximum Gasteiger partial charge on any atom is 0.410 e. The quantitative estimate of drug-likeness (QED) is 0.287. The van der Waals surface area contributed by atoms with Crippen molar-refractivity contribution < 1.29 is 41.4 Å². The van der Waals surface area contributed by atoms with Crippen molar-refractivity contribution in [3.8, 4) is 0 Å². The molecule has 3 heterocycles. The fourth-order valence-corrected chi connectivity index (χ4v) is 5.76. The number of aliphatic hydroxyl groups excluding tert-OH is 1. The van der Waals surface area contributed by atoms with E-state index in [4.69, 9.17) is 4.74 Å². The van der Waals surface area contributed by atoms with Gasteiger partial charge in [-0.25, -0.2) is 26.7 Å². The van der Waals surface area contributed by atoms with Crippen LogP contribution in [0.2, 0.25) is 0 Å². The van der Waals surface area contributed by atoms with Crippen LogP contribution < -0.4 is 0 Å². The second-order valence-electron chi connectivity index (χ2n) is 12.1. The third kappa shape index (κ3) is 5.49. The van der Waals surface area contributed by atoms with Crippen molar-refractivity contribution in [2.75, 3.05) is 26.2 Å². The summed E-state index contributed by atoms with van der Waals surface area (Å²) in [7, 11) is 0. The SMILES string of the molecule is C[C@H]1Cc2c([nH]c3c(F)cccc23)[C@@H](c2c(F)cc(C(=O)C3CN(C(=O)OC(C)(C)C)C3)cc2F)N1CC(F)(F)CO. The molecular formula is C30H32F5N3O4. The number of ketones is 1. The first-order valence-electron chi connectivity index (χ1n) is 13.6. The number of ether oxygens (including phenoxy) is 1. The number of carbonyl (C=O) groups is 2. The van der Waals surface area contributed by atoms with Gasteiger partial charge in [0, 0.05) is 41.3 Å². The lowest BCUT2D eigenvalue weighted by molar-refractivity contribution is -0.0869. The summed E-state index contributed by atoms with van der Waals surface area (Å²) in [5.41, 5.74) is -0.781. The van der Waals surface area contributed by atoms with Crippen molar-refractivity contribution in [2.24, 2.45) is 5.92 Å². The number of aromatic amines is 1. The lowest BCUT2D eigenvalue weighted by Crippen LogP contribution is -2.54. The molecule has 226 valence electrons. The standard InChI is InChI=1S/C30H32F5N3O4/c1-15-8-19-18-6-5-7-20(31)24(18)36-25(19)26(38(15)13-30(34,35)14-39)23-21(32)9-16(10-22(23)33)27(40)17-11-37(12-17)28(41)42-29(2,3)4/h5-7,9-10,15,17,26,36,39H,8,11-14H2,1-4H3/t15-,26+/m0/s1. The fraction of sp³-hybridized carbons (Fsp3) is 0.467. The highest BCUT2D eigenvalue weighted by atomic mass is 19.3. The molecule has 1 fully saturated rings. The van der Waals surface area contributed by atoms with Crippen LogP contribution in [-0.4, -0.2) is 75.6 Å². The third-order valence-electron chi connectivity index (χ3n) is 7.78. The number of alkyl halides is 2. The van der Waals surface area contributed by atoms with Crippen LogP contribution in [0.15, 0.2) is 30.3 Å². The van der Waals surface area contributed by atoms with Crippen LogP contribution in [0.3, 0.4) is 0 Å². The molecule has 2 N–H and O–H groups in total. The first-order chi connectivity index (χ1) is 19.6. The van der Waals surface area contributed by atoms with E-state index in [1.807, 2.05) is 0 Å². The molecule has 5 rings (SSSR count). The average Bonchev–Trinajstić information content (AvgIpc) is 3.22. The number of nitrogens with zero attached hydrogens (tertiary/aromatic N) is 2. The zero-order valence-electron chi connectivity index (χ0n) is 23.6. The van der Waals surface area contributed by atoms with E-state index < -0.39 is 77.6 Å². The van der Waals surface area contributed by atoms with Crippen LogP contribution in [0.25, 0.3) is 10.9 Å². The number of hydrogen-bond acceptors (Lipinski definition) is 5. The van der Waals surface area contributed by atoms with Gasteiger partial charge in [-0.05, 0) is 57.9 Å². The minimum atomic E-state index is -3.59. The van der Waals surface area contributed by atoms with Gasteiger partial charge in [-0.3, -0.25) is 9.69 Å². The Labute approximate surface area is 239 Å². The summed E-state index contributed by atoms with van der Waals surface area (Å²) in [6, 6.07) is 3.97. The van der Waals surface area contributed by atoms with E-state index in [-0.39, 0.29) is 36.3 Å². The lowest BCUT2D eigenvalue weighted by atomic mass is 9.86. The van der Waals surface area contributed by atoms with Gasteiger partial charge >= 0.3 is 6.09 Å². The van der Waals surface area contributed by atoms with Gasteiger partial charge < -0.3 is 19.7 Å². The lowest BCUT2D eigenvalue weighted by Gasteiger charge is -2.42. The second-order valence-corrected chi connectivity index (χ2v) is 12.1. The number of fused-ring (bicyclic) bond motifs is 3. The van der Waals surface area contributed by atoms with Gasteiger partial charge in [0.15, 0.2) is 5.78 Å². The van der Waals surface area contributed by atoms with Crippen LogP contribution in [-0.2, 0) is 11.2 Å². The van der Waals surface area contributed by atoms with E-state index in [0.717, 1.165) is 12.1 Å². The zero-order valence-corrected chi connectivity index (χ0v) is 23.6. The smallest absolute Gasteiger partial charge is 0.410 e. The highest BCUT2D eigenvalue weighted by molar-refractivity contribution is 5.99. The van der Waals surface area contributed by atoms with Gasteiger partial charge in [-0.2, -0.15) is 0 Å². The molecule has 0 spiro atoms. The van der Waals surface area contributed by atoms with E-state index in [2.05, 4.69) is 4.98 Å². The number of H-pyrrole nitrogens is 1. The molecule has 2 aliphatic rings. The van der Waals surface area contributed by atoms with Gasteiger partial charge in [0.1, 0.15) is 29.7 Å². The molecule has 0 bridgehead atoms. The van der Waals surface area contributed by atoms with E-state index in [1.54, 1.807) is 33.8 Å². The van der Waals surface area contributed by atoms with Crippen LogP contribution >= 0.6 is 0 Å². The zero-order chi connectivity index (χ0) is 30.7. The molecule has 12 heteroatoms. The van der Waals surface area contributed by atoms with Crippen molar-refractivity contribution in [3.05, 3.63) is 70.2 Å². The van der Waals surface area contributed by atoms with Gasteiger partial charge in [-0.15, -0.1) is 0 Å². The van der Waals surface area contributed by atoms with Crippen LogP contribution in [0, 0.1) is 23.4 Å². The normalized spacial score (nSPS) is 20.0. The van der Waals surface area contributed by atoms with E-state index >= 15 is 8.78 Å². The number of amides is 1. The van der Waals surface area contributed by atoms with E-state index in [1.165, 1.54) is 21.9 Å². The summed E-state index contributed by atoms with van der Waals surface area (Å²) in [5.74, 6) is -7.74. The summed E-state index contributed by atoms with van der Waals surface area (Å²) < 4.78 is 80.6. The number of benzene rings is 2. The maximum atomic E-state index is 15.8. The van der Waals surface area contributed by atoms with Gasteiger partial charge in [-0.1, -0.05) is 12.1 Å². The van der Waals surface area contributed by atoms with E-state index in [0.29, 0.717) is 10.9 Å². The Bertz CT molecular complexity index is 1520. The molecule has 1 saturated heterocycles. The largest absolute Gasteiger partial charge is 0.444 e. The first-order valence-corrected chi connectivity index (χ1v) is 13.6. The Kier molecular flexibility index (Phi) is 7.59. The summed E-state index contributed by atoms with van der Waals surface area (Å²) in [6.45, 7) is 4.27. The second kappa shape index (κ2) is 10.6. The molecule has 2 aliphatic heterocycles. The number of carbonyl (C=O) groups excluding carboxylic acids is 2. The number of Topliss-reactive ketones (excluding diaryl/α,β-unsaturated/α-hetero) is 1. The number of likely N-dealkylation sites (tertiary alicyclic amines) is 1. The molecule has 3 aromatic rings. The number of para-hydroxylation sites is 1. The van der Waals surface area contributed by atoms with Crippen molar-refractivity contribution in [1.29, 1.82) is 0 Å². The molecule has 1 amide bonds. The Morgan fingerprint density at radius 2 is 1.71 bits per heavy atom. The van der Waals surface area contributed by atoms with Crippen LogP contribution in [0.5, 0.6) is 0 Å². The Hall–Kier alpha value is -3.51. The fourth-order valence-electron chi connectivity index (χ4n) is 5.76. The van der Waals surface area contributed by atoms with Crippen molar-refractivity contribution in [3.63, 3.8) is 0 Å². The van der Waals surface area contributed by atoms with Gasteiger partial charge in [0.05, 0.1) is 24.0 Å². The topological polar surface area (TPSA) is 85.9 Å². The number of aliphatic hydroxyl groups is 1. The number of hydrogen-bond donors (Lipinski definition) is 2. The summed E-state index contributed by atoms with van der Waals surface area (Å²) >= 11 is 0. The van der Waals surface area contributed by atoms with Gasteiger partial charge in [0.2, 0.25) is 0 Å². The van der Waals surface area contributed by atoms with Crippen LogP contribution in [0.1, 0.15) is 60.9 Å². The molecule has 0 unspecified atom stereocenters. The monoisotopic (exact) mass is 593 g/mol. The highest BCUT2D eigenvalue weighted by Crippen LogP contribution is 2.44. The molecular weight excluding hydrogens is 561 g/mol. The molecule has 0 saturated carbocycles. The Morgan fingerprint density at radius 1 is 1.07 bits per heavy atom. The van der Waals surface area contributed by atoms with Gasteiger partial charge in [0.25, 0.3) is 5.92 Å². The van der Waals surface area contributed by atoms with Crippen molar-refractivity contribution in [2.45, 2.75) is 57.7 Å². The highest BCUT2D eigenvalue weighted by Gasteiger charge is 2.44. The number of aromatic nitrogens is 1. The third-order valence-corrected chi connectivity index (χ3v) is 7.78. The van der Waals surface area contributed by atoms with Crippen molar-refractivity contribution >= 4 is 22.8 Å². The molecule has 2 atom stereocenters. The summed E-state index contributed by atoms with van der Waals surface area (Å²) in [6.07, 6.45) is -0.414. The summed E-state index contributed by atoms with van der Waals surface area (Å²) in [5, 5.41) is 9.73. The Balaban J connectivity index is 1.51. The average molecular weight is 594 g/mol. The molecule has 42 heavy (non-hydrogen) atoms. The van der Waals surface area contributed by atoms with Crippen LogP contribution in [0.4, 0.5) is 26.7 Å². The Morgan fingerprint density at radius 3 is 2.31 bits per heavy atom. The molecule has 1 aromatic heterocycles. The molecule has 7 nitrogen and oxygen atoms in total. The van der Waals surface area contributed by atoms with E-state index in [9.17, 15) is 27.9 Å².